The number of carboxylic acid groups (broad SMARTS) is 5. The number of hydrogen-bond donors (Lipinski definition) is 1. The summed E-state index contributed by atoms with van der Waals surface area (Å²) in [6.07, 6.45) is -6.80. The maximum atomic E-state index is 11.6. The van der Waals surface area contributed by atoms with Crippen LogP contribution >= 0.6 is 0 Å². The first kappa shape index (κ1) is 30.8. The van der Waals surface area contributed by atoms with Gasteiger partial charge in [-0.1, -0.05) is 0 Å². The molecule has 0 aromatic heterocycles. The van der Waals surface area contributed by atoms with Crippen LogP contribution in [0.1, 0.15) is 25.7 Å². The first-order valence-corrected chi connectivity index (χ1v) is 6.21. The fourth-order valence-electron chi connectivity index (χ4n) is 1.73. The molecule has 0 aromatic carbocycles. The molecule has 0 fully saturated rings. The van der Waals surface area contributed by atoms with Crippen LogP contribution in [0.25, 0.3) is 0 Å². The Morgan fingerprint density at radius 2 is 1.07 bits per heavy atom. The normalized spacial score (nSPS) is 12.3. The van der Waals surface area contributed by atoms with Crippen LogP contribution in [0.5, 0.6) is 0 Å². The molecule has 0 saturated carbocycles. The Labute approximate surface area is 208 Å². The second kappa shape index (κ2) is 12.6. The molecule has 1 atom stereocenters. The summed E-state index contributed by atoms with van der Waals surface area (Å²) in [5.74, 6) is -13.4. The number of carbonyl (C=O) groups is 6. The van der Waals surface area contributed by atoms with Crippen molar-refractivity contribution >= 4 is 35.8 Å². The van der Waals surface area contributed by atoms with Gasteiger partial charge in [0.25, 0.3) is 0 Å². The van der Waals surface area contributed by atoms with Crippen LogP contribution in [-0.2, 0) is 55.2 Å². The van der Waals surface area contributed by atoms with Gasteiger partial charge in [0.2, 0.25) is 0 Å². The topological polar surface area (TPSA) is 247 Å². The molecule has 0 aliphatic rings. The van der Waals surface area contributed by atoms with Gasteiger partial charge in [0, 0.05) is 37.2 Å². The predicted octanol–water partition coefficient (Wildman–Crippen LogP) is -11.7. The predicted molar refractivity (Wildman–Crippen MR) is 57.3 cm³/mol. The summed E-state index contributed by atoms with van der Waals surface area (Å²) in [7, 11) is 0. The average molecular weight is 448 g/mol. The maximum Gasteiger partial charge on any atom is 4.00 e. The third-order valence-corrected chi connectivity index (χ3v) is 2.79. The smallest absolute Gasteiger partial charge is 0.550 e. The molecule has 0 saturated heterocycles. The molecule has 15 heteroatoms. The third kappa shape index (κ3) is 10.3. The van der Waals surface area contributed by atoms with Gasteiger partial charge in [0.1, 0.15) is 5.60 Å². The molecule has 0 amide bonds. The van der Waals surface area contributed by atoms with Crippen molar-refractivity contribution in [2.24, 2.45) is 0 Å². The van der Waals surface area contributed by atoms with Gasteiger partial charge in [0.05, 0.1) is 18.4 Å². The van der Waals surface area contributed by atoms with E-state index in [0.29, 0.717) is 0 Å². The average Bonchev–Trinajstić information content (AvgIpc) is 2.34. The zero-order chi connectivity index (χ0) is 20.0. The monoisotopic (exact) mass is 448 g/mol. The minimum absolute atomic E-state index is 0. The Hall–Kier alpha value is -0.869. The van der Waals surface area contributed by atoms with Gasteiger partial charge in [-0.15, -0.1) is 0 Å². The zero-order valence-corrected chi connectivity index (χ0v) is 18.4. The first-order valence-electron chi connectivity index (χ1n) is 6.21. The number of carbonyl (C=O) groups excluding carboxylic acids is 6. The van der Waals surface area contributed by atoms with Crippen LogP contribution in [0, 0.1) is 0 Å². The molecule has 0 bridgehead atoms. The van der Waals surface area contributed by atoms with E-state index < -0.39 is 72.7 Å². The zero-order valence-electron chi connectivity index (χ0n) is 13.7. The van der Waals surface area contributed by atoms with E-state index >= 15 is 0 Å². The molecule has 0 aliphatic heterocycles. The van der Waals surface area contributed by atoms with E-state index in [4.69, 9.17) is 0 Å². The number of esters is 1. The summed E-state index contributed by atoms with van der Waals surface area (Å²) in [4.78, 5) is 65.0. The van der Waals surface area contributed by atoms with E-state index in [1.807, 2.05) is 0 Å². The van der Waals surface area contributed by atoms with E-state index in [-0.39, 0.29) is 73.1 Å². The molecular weight excluding hydrogens is 439 g/mol. The molecular formula is C12H9KO13Ti. The van der Waals surface area contributed by atoms with Crippen molar-refractivity contribution in [3.8, 4) is 0 Å². The molecule has 0 heterocycles. The van der Waals surface area contributed by atoms with E-state index in [1.165, 1.54) is 0 Å². The third-order valence-electron chi connectivity index (χ3n) is 2.79. The molecule has 0 rings (SSSR count). The molecule has 0 spiro atoms. The summed E-state index contributed by atoms with van der Waals surface area (Å²) in [5.41, 5.74) is -6.74. The number of hydrogen-bond acceptors (Lipinski definition) is 13. The van der Waals surface area contributed by atoms with Crippen molar-refractivity contribution in [3.63, 3.8) is 0 Å². The Kier molecular flexibility index (Phi) is 14.4. The molecule has 0 radical (unpaired) electrons. The summed E-state index contributed by atoms with van der Waals surface area (Å²) >= 11 is 0. The summed E-state index contributed by atoms with van der Waals surface area (Å²) in [6.45, 7) is 0. The first-order chi connectivity index (χ1) is 11.2. The number of rotatable bonds is 11. The van der Waals surface area contributed by atoms with Crippen LogP contribution < -0.4 is 76.9 Å². The minimum atomic E-state index is -3.39. The van der Waals surface area contributed by atoms with Crippen molar-refractivity contribution in [1.82, 2.24) is 0 Å². The number of carboxylic acids is 5. The van der Waals surface area contributed by atoms with E-state index in [0.717, 1.165) is 0 Å². The number of ether oxygens (including phenoxy) is 1. The maximum absolute atomic E-state index is 11.6. The Balaban J connectivity index is -0.00000288. The number of aliphatic hydroxyl groups is 1. The van der Waals surface area contributed by atoms with Gasteiger partial charge < -0.3 is 59.3 Å². The Morgan fingerprint density at radius 3 is 1.33 bits per heavy atom. The van der Waals surface area contributed by atoms with Crippen LogP contribution in [0.2, 0.25) is 0 Å². The summed E-state index contributed by atoms with van der Waals surface area (Å²) < 4.78 is 4.14. The molecule has 140 valence electrons. The largest absolute Gasteiger partial charge is 4.00 e. The van der Waals surface area contributed by atoms with Crippen LogP contribution in [-0.4, -0.2) is 52.1 Å². The molecule has 0 aromatic rings. The van der Waals surface area contributed by atoms with Gasteiger partial charge in [-0.2, -0.15) is 0 Å². The summed E-state index contributed by atoms with van der Waals surface area (Å²) in [5, 5.41) is 62.9. The quantitative estimate of drug-likeness (QED) is 0.228. The van der Waals surface area contributed by atoms with E-state index in [2.05, 4.69) is 4.74 Å². The summed E-state index contributed by atoms with van der Waals surface area (Å²) in [6, 6.07) is 0. The van der Waals surface area contributed by atoms with Crippen LogP contribution in [0.15, 0.2) is 0 Å². The number of aliphatic carboxylic acids is 5. The van der Waals surface area contributed by atoms with Gasteiger partial charge in [-0.05, 0) is 0 Å². The van der Waals surface area contributed by atoms with Crippen molar-refractivity contribution in [1.29, 1.82) is 0 Å². The van der Waals surface area contributed by atoms with Crippen molar-refractivity contribution in [2.75, 3.05) is 0 Å². The van der Waals surface area contributed by atoms with E-state index in [1.54, 1.807) is 0 Å². The molecule has 27 heavy (non-hydrogen) atoms. The minimum Gasteiger partial charge on any atom is -0.550 e. The Bertz CT molecular complexity index is 602. The van der Waals surface area contributed by atoms with Gasteiger partial charge in [0.15, 0.2) is 5.60 Å². The molecule has 13 nitrogen and oxygen atoms in total. The van der Waals surface area contributed by atoms with Crippen molar-refractivity contribution in [2.45, 2.75) is 36.9 Å². The fraction of sp³-hybridized carbons (Fsp3) is 0.500. The van der Waals surface area contributed by atoms with E-state index in [9.17, 15) is 59.4 Å². The van der Waals surface area contributed by atoms with Gasteiger partial charge in [-0.25, -0.2) is 0 Å². The standard InChI is InChI=1S/C12H14O13.K.Ti/c13-5(14)1-11(24,9(20)21)4-8(19)25-12(10(22)23,2-6(15)16)3-7(17)18;;/h24H,1-4H2,(H,13,14)(H,15,16)(H,17,18)(H,20,21)(H,22,23);;/q;+1;+4/p-5. The van der Waals surface area contributed by atoms with Crippen LogP contribution in [0.4, 0.5) is 0 Å². The second-order valence-electron chi connectivity index (χ2n) is 4.90. The molecule has 1 N–H and O–H groups in total. The fourth-order valence-corrected chi connectivity index (χ4v) is 1.73. The molecule has 0 aliphatic carbocycles. The van der Waals surface area contributed by atoms with Crippen molar-refractivity contribution in [3.05, 3.63) is 0 Å². The van der Waals surface area contributed by atoms with Crippen molar-refractivity contribution < 1.29 is 137 Å². The van der Waals surface area contributed by atoms with Crippen LogP contribution in [0.3, 0.4) is 0 Å². The van der Waals surface area contributed by atoms with Gasteiger partial charge >= 0.3 is 79.1 Å². The van der Waals surface area contributed by atoms with Gasteiger partial charge in [-0.3, -0.25) is 4.79 Å². The molecule has 1 unspecified atom stereocenters. The Morgan fingerprint density at radius 1 is 0.704 bits per heavy atom. The second-order valence-corrected chi connectivity index (χ2v) is 4.90. The SMILES string of the molecule is O=C([O-])CC(O)(CC(=O)OC(CC(=O)[O-])(CC(=O)[O-])C(=O)[O-])C(=O)[O-].[K+].[Ti+4].